The standard InChI is InChI=1S/C17H16N2O4S2/c1-21-13-6-11(7-14(22-2)15(13)23-3)18-16(20)12-9-25-17(19-12)10-4-5-24-8-10/h4-9H,1-3H3,(H,18,20). The molecule has 0 aliphatic carbocycles. The molecule has 1 aromatic carbocycles. The summed E-state index contributed by atoms with van der Waals surface area (Å²) in [6.07, 6.45) is 0. The second-order valence-electron chi connectivity index (χ2n) is 4.92. The summed E-state index contributed by atoms with van der Waals surface area (Å²) in [4.78, 5) is 16.9. The van der Waals surface area contributed by atoms with Crippen LogP contribution in [0.15, 0.2) is 34.3 Å². The normalized spacial score (nSPS) is 10.4. The van der Waals surface area contributed by atoms with Gasteiger partial charge in [0, 0.05) is 34.1 Å². The number of thiophene rings is 1. The highest BCUT2D eigenvalue weighted by Gasteiger charge is 2.17. The summed E-state index contributed by atoms with van der Waals surface area (Å²) in [5.41, 5.74) is 1.91. The molecule has 2 aromatic heterocycles. The number of anilines is 1. The Morgan fingerprint density at radius 2 is 1.80 bits per heavy atom. The number of hydrogen-bond acceptors (Lipinski definition) is 7. The largest absolute Gasteiger partial charge is 0.493 e. The van der Waals surface area contributed by atoms with E-state index < -0.39 is 0 Å². The van der Waals surface area contributed by atoms with Crippen LogP contribution in [0.3, 0.4) is 0 Å². The number of ether oxygens (including phenoxy) is 3. The number of nitrogens with zero attached hydrogens (tertiary/aromatic N) is 1. The molecule has 0 bridgehead atoms. The van der Waals surface area contributed by atoms with Gasteiger partial charge in [-0.1, -0.05) is 0 Å². The molecular weight excluding hydrogens is 360 g/mol. The van der Waals surface area contributed by atoms with Gasteiger partial charge in [-0.2, -0.15) is 11.3 Å². The van der Waals surface area contributed by atoms with E-state index in [2.05, 4.69) is 10.3 Å². The molecule has 3 rings (SSSR count). The predicted octanol–water partition coefficient (Wildman–Crippen LogP) is 4.15. The smallest absolute Gasteiger partial charge is 0.275 e. The number of nitrogens with one attached hydrogen (secondary N) is 1. The maximum absolute atomic E-state index is 12.5. The fourth-order valence-corrected chi connectivity index (χ4v) is 3.76. The molecule has 0 fully saturated rings. The van der Waals surface area contributed by atoms with Crippen LogP contribution in [0.5, 0.6) is 17.2 Å². The summed E-state index contributed by atoms with van der Waals surface area (Å²) < 4.78 is 15.9. The van der Waals surface area contributed by atoms with Gasteiger partial charge in [0.15, 0.2) is 11.5 Å². The van der Waals surface area contributed by atoms with E-state index in [1.54, 1.807) is 28.8 Å². The van der Waals surface area contributed by atoms with Gasteiger partial charge in [-0.3, -0.25) is 4.79 Å². The molecule has 8 heteroatoms. The Bertz CT molecular complexity index is 850. The third kappa shape index (κ3) is 3.59. The topological polar surface area (TPSA) is 69.7 Å². The number of carbonyl (C=O) groups excluding carboxylic acids is 1. The fourth-order valence-electron chi connectivity index (χ4n) is 2.25. The van der Waals surface area contributed by atoms with Gasteiger partial charge in [-0.05, 0) is 11.4 Å². The Morgan fingerprint density at radius 1 is 1.08 bits per heavy atom. The number of benzene rings is 1. The minimum Gasteiger partial charge on any atom is -0.493 e. The van der Waals surface area contributed by atoms with Gasteiger partial charge in [0.25, 0.3) is 5.91 Å². The molecule has 1 amide bonds. The summed E-state index contributed by atoms with van der Waals surface area (Å²) in [6, 6.07) is 5.32. The van der Waals surface area contributed by atoms with Crippen LogP contribution < -0.4 is 19.5 Å². The number of methoxy groups -OCH3 is 3. The average Bonchev–Trinajstić information content (AvgIpc) is 3.31. The highest BCUT2D eigenvalue weighted by atomic mass is 32.1. The summed E-state index contributed by atoms with van der Waals surface area (Å²) in [6.45, 7) is 0. The lowest BCUT2D eigenvalue weighted by Gasteiger charge is -2.14. The van der Waals surface area contributed by atoms with Crippen molar-refractivity contribution in [1.82, 2.24) is 4.98 Å². The van der Waals surface area contributed by atoms with Crippen LogP contribution >= 0.6 is 22.7 Å². The molecule has 2 heterocycles. The van der Waals surface area contributed by atoms with Crippen LogP contribution in [0.1, 0.15) is 10.5 Å². The molecule has 3 aromatic rings. The molecule has 130 valence electrons. The third-order valence-electron chi connectivity index (χ3n) is 3.43. The zero-order valence-corrected chi connectivity index (χ0v) is 15.5. The maximum atomic E-state index is 12.5. The van der Waals surface area contributed by atoms with Gasteiger partial charge in [-0.15, -0.1) is 11.3 Å². The minimum absolute atomic E-state index is 0.299. The van der Waals surface area contributed by atoms with E-state index in [4.69, 9.17) is 14.2 Å². The zero-order valence-electron chi connectivity index (χ0n) is 13.9. The number of thiazole rings is 1. The molecule has 6 nitrogen and oxygen atoms in total. The number of amides is 1. The number of carbonyl (C=O) groups is 1. The van der Waals surface area contributed by atoms with Crippen LogP contribution in [-0.2, 0) is 0 Å². The predicted molar refractivity (Wildman–Crippen MR) is 99.5 cm³/mol. The lowest BCUT2D eigenvalue weighted by atomic mass is 10.2. The number of rotatable bonds is 6. The first kappa shape index (κ1) is 17.2. The molecule has 1 N–H and O–H groups in total. The first-order chi connectivity index (χ1) is 12.2. The summed E-state index contributed by atoms with van der Waals surface area (Å²) >= 11 is 3.03. The number of hydrogen-bond donors (Lipinski definition) is 1. The summed E-state index contributed by atoms with van der Waals surface area (Å²) in [5.74, 6) is 1.10. The monoisotopic (exact) mass is 376 g/mol. The van der Waals surface area contributed by atoms with Gasteiger partial charge in [0.2, 0.25) is 5.75 Å². The Hall–Kier alpha value is -2.58. The molecule has 0 aliphatic heterocycles. The van der Waals surface area contributed by atoms with E-state index >= 15 is 0 Å². The van der Waals surface area contributed by atoms with Crippen molar-refractivity contribution in [3.05, 3.63) is 40.0 Å². The summed E-state index contributed by atoms with van der Waals surface area (Å²) in [5, 5.41) is 9.34. The van der Waals surface area contributed by atoms with Crippen LogP contribution in [0.25, 0.3) is 10.6 Å². The Labute approximate surface area is 153 Å². The molecule has 0 atom stereocenters. The van der Waals surface area contributed by atoms with Crippen molar-refractivity contribution in [2.75, 3.05) is 26.6 Å². The van der Waals surface area contributed by atoms with Crippen molar-refractivity contribution in [1.29, 1.82) is 0 Å². The molecule has 0 radical (unpaired) electrons. The molecule has 0 unspecified atom stereocenters. The zero-order chi connectivity index (χ0) is 17.8. The van der Waals surface area contributed by atoms with E-state index in [0.717, 1.165) is 10.6 Å². The minimum atomic E-state index is -0.299. The van der Waals surface area contributed by atoms with Gasteiger partial charge < -0.3 is 19.5 Å². The van der Waals surface area contributed by atoms with Crippen LogP contribution in [0.4, 0.5) is 5.69 Å². The Kier molecular flexibility index (Phi) is 5.20. The second-order valence-corrected chi connectivity index (χ2v) is 6.56. The maximum Gasteiger partial charge on any atom is 0.275 e. The highest BCUT2D eigenvalue weighted by molar-refractivity contribution is 7.14. The van der Waals surface area contributed by atoms with E-state index in [-0.39, 0.29) is 5.91 Å². The molecule has 0 aliphatic rings. The lowest BCUT2D eigenvalue weighted by Crippen LogP contribution is -2.12. The second kappa shape index (κ2) is 7.54. The lowest BCUT2D eigenvalue weighted by molar-refractivity contribution is 0.102. The van der Waals surface area contributed by atoms with Crippen molar-refractivity contribution >= 4 is 34.3 Å². The van der Waals surface area contributed by atoms with Gasteiger partial charge in [-0.25, -0.2) is 4.98 Å². The van der Waals surface area contributed by atoms with Crippen molar-refractivity contribution in [3.63, 3.8) is 0 Å². The molecule has 0 saturated heterocycles. The number of aromatic nitrogens is 1. The van der Waals surface area contributed by atoms with E-state index in [1.165, 1.54) is 32.7 Å². The van der Waals surface area contributed by atoms with Crippen molar-refractivity contribution < 1.29 is 19.0 Å². The Balaban J connectivity index is 1.83. The SMILES string of the molecule is COc1cc(NC(=O)c2csc(-c3ccsc3)n2)cc(OC)c1OC. The molecular formula is C17H16N2O4S2. The van der Waals surface area contributed by atoms with E-state index in [1.807, 2.05) is 16.8 Å². The quantitative estimate of drug-likeness (QED) is 0.700. The van der Waals surface area contributed by atoms with Crippen molar-refractivity contribution in [2.24, 2.45) is 0 Å². The van der Waals surface area contributed by atoms with Crippen molar-refractivity contribution in [3.8, 4) is 27.8 Å². The van der Waals surface area contributed by atoms with Crippen LogP contribution in [0.2, 0.25) is 0 Å². The van der Waals surface area contributed by atoms with Gasteiger partial charge in [0.1, 0.15) is 10.7 Å². The average molecular weight is 376 g/mol. The van der Waals surface area contributed by atoms with Gasteiger partial charge in [0.05, 0.1) is 21.3 Å². The molecule has 0 saturated carbocycles. The summed E-state index contributed by atoms with van der Waals surface area (Å²) in [7, 11) is 4.58. The van der Waals surface area contributed by atoms with E-state index in [9.17, 15) is 4.79 Å². The molecule has 0 spiro atoms. The van der Waals surface area contributed by atoms with E-state index in [0.29, 0.717) is 28.6 Å². The third-order valence-corrected chi connectivity index (χ3v) is 5.00. The first-order valence-corrected chi connectivity index (χ1v) is 9.08. The highest BCUT2D eigenvalue weighted by Crippen LogP contribution is 2.40. The van der Waals surface area contributed by atoms with Crippen LogP contribution in [-0.4, -0.2) is 32.2 Å². The fraction of sp³-hybridized carbons (Fsp3) is 0.176. The van der Waals surface area contributed by atoms with Crippen LogP contribution in [0, 0.1) is 0 Å². The molecule has 25 heavy (non-hydrogen) atoms. The first-order valence-electron chi connectivity index (χ1n) is 7.25. The van der Waals surface area contributed by atoms with Gasteiger partial charge >= 0.3 is 0 Å². The Morgan fingerprint density at radius 3 is 2.36 bits per heavy atom. The van der Waals surface area contributed by atoms with Crippen molar-refractivity contribution in [2.45, 2.75) is 0 Å².